The number of carbonyl (C=O) groups excluding carboxylic acids is 1. The lowest BCUT2D eigenvalue weighted by atomic mass is 10.1. The van der Waals surface area contributed by atoms with Crippen LogP contribution in [0.15, 0.2) is 29.6 Å². The minimum absolute atomic E-state index is 0.136. The molecule has 0 radical (unpaired) electrons. The lowest BCUT2D eigenvalue weighted by Crippen LogP contribution is -2.32. The Hall–Kier alpha value is -2.34. The van der Waals surface area contributed by atoms with Gasteiger partial charge >= 0.3 is 5.97 Å². The summed E-state index contributed by atoms with van der Waals surface area (Å²) in [6, 6.07) is 7.49. The number of nitrogens with one attached hydrogen (secondary N) is 1. The number of carbonyl (C=O) groups is 2. The number of hydrogen-bond acceptors (Lipinski definition) is 4. The Morgan fingerprint density at radius 1 is 1.38 bits per heavy atom. The fourth-order valence-corrected chi connectivity index (χ4v) is 3.13. The number of ether oxygens (including phenoxy) is 1. The zero-order chi connectivity index (χ0) is 15.0. The molecule has 1 aromatic heterocycles. The van der Waals surface area contributed by atoms with Crippen molar-refractivity contribution in [3.8, 4) is 5.75 Å². The van der Waals surface area contributed by atoms with E-state index in [0.29, 0.717) is 17.9 Å². The first-order valence-corrected chi connectivity index (χ1v) is 7.31. The first-order chi connectivity index (χ1) is 10.1. The second-order valence-corrected chi connectivity index (χ2v) is 5.72. The molecular formula is C15H13NO4S. The van der Waals surface area contributed by atoms with E-state index in [2.05, 4.69) is 5.32 Å². The highest BCUT2D eigenvalue weighted by Gasteiger charge is 2.30. The quantitative estimate of drug-likeness (QED) is 0.914. The van der Waals surface area contributed by atoms with E-state index in [1.54, 1.807) is 12.3 Å². The van der Waals surface area contributed by atoms with Crippen molar-refractivity contribution in [1.29, 1.82) is 0 Å². The van der Waals surface area contributed by atoms with Gasteiger partial charge in [-0.15, -0.1) is 11.3 Å². The van der Waals surface area contributed by atoms with E-state index in [1.807, 2.05) is 24.3 Å². The SMILES string of the molecule is Cc1csc(C(=O)O)c1NC(=O)C1Cc2ccccc2O1. The molecule has 0 saturated heterocycles. The Labute approximate surface area is 125 Å². The van der Waals surface area contributed by atoms with Gasteiger partial charge in [-0.05, 0) is 29.5 Å². The number of thiophene rings is 1. The predicted octanol–water partition coefficient (Wildman–Crippen LogP) is 2.70. The minimum Gasteiger partial charge on any atom is -0.480 e. The summed E-state index contributed by atoms with van der Waals surface area (Å²) in [4.78, 5) is 23.6. The number of amides is 1. The Morgan fingerprint density at radius 2 is 2.14 bits per heavy atom. The molecule has 0 aliphatic carbocycles. The van der Waals surface area contributed by atoms with E-state index in [4.69, 9.17) is 9.84 Å². The molecule has 0 spiro atoms. The molecule has 1 amide bonds. The van der Waals surface area contributed by atoms with Gasteiger partial charge in [-0.25, -0.2) is 4.79 Å². The van der Waals surface area contributed by atoms with Crippen LogP contribution in [0.2, 0.25) is 0 Å². The normalized spacial score (nSPS) is 16.1. The number of fused-ring (bicyclic) bond motifs is 1. The van der Waals surface area contributed by atoms with Crippen molar-refractivity contribution >= 4 is 28.9 Å². The summed E-state index contributed by atoms with van der Waals surface area (Å²) in [5, 5.41) is 13.5. The number of aryl methyl sites for hydroxylation is 1. The van der Waals surface area contributed by atoms with Crippen LogP contribution in [0.5, 0.6) is 5.75 Å². The Morgan fingerprint density at radius 3 is 2.86 bits per heavy atom. The maximum absolute atomic E-state index is 12.3. The zero-order valence-corrected chi connectivity index (χ0v) is 12.1. The molecule has 1 atom stereocenters. The highest BCUT2D eigenvalue weighted by Crippen LogP contribution is 2.31. The van der Waals surface area contributed by atoms with Crippen molar-refractivity contribution in [3.05, 3.63) is 45.6 Å². The molecule has 3 rings (SSSR count). The van der Waals surface area contributed by atoms with Crippen molar-refractivity contribution in [2.24, 2.45) is 0 Å². The summed E-state index contributed by atoms with van der Waals surface area (Å²) in [6.45, 7) is 1.77. The fraction of sp³-hybridized carbons (Fsp3) is 0.200. The van der Waals surface area contributed by atoms with Crippen molar-refractivity contribution in [1.82, 2.24) is 0 Å². The molecule has 1 aliphatic rings. The number of benzene rings is 1. The van der Waals surface area contributed by atoms with Crippen molar-refractivity contribution in [3.63, 3.8) is 0 Å². The van der Waals surface area contributed by atoms with Crippen LogP contribution in [0.3, 0.4) is 0 Å². The van der Waals surface area contributed by atoms with Gasteiger partial charge in [0, 0.05) is 6.42 Å². The number of hydrogen-bond donors (Lipinski definition) is 2. The van der Waals surface area contributed by atoms with Crippen LogP contribution in [0.4, 0.5) is 5.69 Å². The van der Waals surface area contributed by atoms with Crippen LogP contribution in [-0.4, -0.2) is 23.1 Å². The first kappa shape index (κ1) is 13.6. The van der Waals surface area contributed by atoms with Crippen molar-refractivity contribution in [2.45, 2.75) is 19.4 Å². The zero-order valence-electron chi connectivity index (χ0n) is 11.3. The van der Waals surface area contributed by atoms with Gasteiger partial charge in [0.15, 0.2) is 6.10 Å². The smallest absolute Gasteiger partial charge is 0.348 e. The molecule has 2 heterocycles. The van der Waals surface area contributed by atoms with E-state index in [9.17, 15) is 9.59 Å². The summed E-state index contributed by atoms with van der Waals surface area (Å²) in [5.74, 6) is -0.660. The van der Waals surface area contributed by atoms with E-state index >= 15 is 0 Å². The standard InChI is InChI=1S/C15H13NO4S/c1-8-7-21-13(15(18)19)12(8)16-14(17)11-6-9-4-2-3-5-10(9)20-11/h2-5,7,11H,6H2,1H3,(H,16,17)(H,18,19). The number of carboxylic acids is 1. The largest absolute Gasteiger partial charge is 0.480 e. The van der Waals surface area contributed by atoms with Crippen LogP contribution in [0.1, 0.15) is 20.8 Å². The van der Waals surface area contributed by atoms with Crippen molar-refractivity contribution < 1.29 is 19.4 Å². The Bertz CT molecular complexity index is 697. The molecule has 0 saturated carbocycles. The van der Waals surface area contributed by atoms with Crippen LogP contribution in [-0.2, 0) is 11.2 Å². The summed E-state index contributed by atoms with van der Waals surface area (Å²) < 4.78 is 5.60. The summed E-state index contributed by atoms with van der Waals surface area (Å²) >= 11 is 1.10. The third-order valence-electron chi connectivity index (χ3n) is 3.36. The molecular weight excluding hydrogens is 290 g/mol. The average Bonchev–Trinajstić information content (AvgIpc) is 3.03. The average molecular weight is 303 g/mol. The van der Waals surface area contributed by atoms with Crippen molar-refractivity contribution in [2.75, 3.05) is 5.32 Å². The first-order valence-electron chi connectivity index (χ1n) is 6.43. The van der Waals surface area contributed by atoms with Gasteiger partial charge in [0.2, 0.25) is 0 Å². The topological polar surface area (TPSA) is 75.6 Å². The molecule has 108 valence electrons. The van der Waals surface area contributed by atoms with Gasteiger partial charge in [-0.1, -0.05) is 18.2 Å². The lowest BCUT2D eigenvalue weighted by molar-refractivity contribution is -0.122. The number of carboxylic acid groups (broad SMARTS) is 1. The van der Waals surface area contributed by atoms with E-state index in [-0.39, 0.29) is 10.8 Å². The molecule has 1 unspecified atom stereocenters. The molecule has 0 fully saturated rings. The Balaban J connectivity index is 1.77. The molecule has 1 aromatic carbocycles. The fourth-order valence-electron chi connectivity index (χ4n) is 2.29. The molecule has 2 N–H and O–H groups in total. The van der Waals surface area contributed by atoms with Crippen LogP contribution in [0.25, 0.3) is 0 Å². The molecule has 6 heteroatoms. The van der Waals surface area contributed by atoms with Gasteiger partial charge < -0.3 is 15.2 Å². The van der Waals surface area contributed by atoms with Gasteiger partial charge in [-0.3, -0.25) is 4.79 Å². The number of para-hydroxylation sites is 1. The number of aromatic carboxylic acids is 1. The monoisotopic (exact) mass is 303 g/mol. The van der Waals surface area contributed by atoms with Gasteiger partial charge in [0.1, 0.15) is 10.6 Å². The van der Waals surface area contributed by atoms with Gasteiger partial charge in [-0.2, -0.15) is 0 Å². The maximum Gasteiger partial charge on any atom is 0.348 e. The van der Waals surface area contributed by atoms with Gasteiger partial charge in [0.05, 0.1) is 5.69 Å². The van der Waals surface area contributed by atoms with E-state index in [0.717, 1.165) is 22.5 Å². The van der Waals surface area contributed by atoms with Gasteiger partial charge in [0.25, 0.3) is 5.91 Å². The third-order valence-corrected chi connectivity index (χ3v) is 4.44. The number of anilines is 1. The molecule has 5 nitrogen and oxygen atoms in total. The van der Waals surface area contributed by atoms with E-state index in [1.165, 1.54) is 0 Å². The summed E-state index contributed by atoms with van der Waals surface area (Å²) in [7, 11) is 0. The van der Waals surface area contributed by atoms with Crippen LogP contribution >= 0.6 is 11.3 Å². The molecule has 2 aromatic rings. The van der Waals surface area contributed by atoms with Crippen LogP contribution < -0.4 is 10.1 Å². The summed E-state index contributed by atoms with van der Waals surface area (Å²) in [6.07, 6.45) is -0.128. The maximum atomic E-state index is 12.3. The second-order valence-electron chi connectivity index (χ2n) is 4.84. The molecule has 0 bridgehead atoms. The lowest BCUT2D eigenvalue weighted by Gasteiger charge is -2.12. The highest BCUT2D eigenvalue weighted by molar-refractivity contribution is 7.12. The predicted molar refractivity (Wildman–Crippen MR) is 79.2 cm³/mol. The number of rotatable bonds is 3. The Kier molecular flexibility index (Phi) is 3.39. The molecule has 21 heavy (non-hydrogen) atoms. The third kappa shape index (κ3) is 2.50. The molecule has 1 aliphatic heterocycles. The van der Waals surface area contributed by atoms with E-state index < -0.39 is 12.1 Å². The summed E-state index contributed by atoms with van der Waals surface area (Å²) in [5.41, 5.74) is 2.08. The highest BCUT2D eigenvalue weighted by atomic mass is 32.1. The van der Waals surface area contributed by atoms with Crippen LogP contribution in [0, 0.1) is 6.92 Å². The minimum atomic E-state index is -1.04. The second kappa shape index (κ2) is 5.21.